The first kappa shape index (κ1) is 25.3. The fourth-order valence-electron chi connectivity index (χ4n) is 0.482. The van der Waals surface area contributed by atoms with Gasteiger partial charge in [0, 0.05) is 37.8 Å². The second-order valence-corrected chi connectivity index (χ2v) is 4.49. The van der Waals surface area contributed by atoms with Gasteiger partial charge >= 0.3 is 24.1 Å². The van der Waals surface area contributed by atoms with Crippen molar-refractivity contribution < 1.29 is 61.7 Å². The van der Waals surface area contributed by atoms with Crippen LogP contribution < -0.4 is 0 Å². The van der Waals surface area contributed by atoms with Crippen LogP contribution in [0.2, 0.25) is 0 Å². The molecule has 0 fully saturated rings. The van der Waals surface area contributed by atoms with E-state index in [2.05, 4.69) is 4.85 Å². The van der Waals surface area contributed by atoms with Gasteiger partial charge in [-0.2, -0.15) is 39.5 Å². The van der Waals surface area contributed by atoms with E-state index < -0.39 is 24.1 Å². The minimum Gasteiger partial charge on any atom is -0.367 e. The summed E-state index contributed by atoms with van der Waals surface area (Å²) >= 11 is 0. The Balaban J connectivity index is -0.000000394. The van der Waals surface area contributed by atoms with E-state index in [-0.39, 0.29) is 22.6 Å². The summed E-state index contributed by atoms with van der Waals surface area (Å²) in [6, 6.07) is 0. The largest absolute Gasteiger partial charge is 0.435 e. The summed E-state index contributed by atoms with van der Waals surface area (Å²) in [5.74, 6) is 0. The summed E-state index contributed by atoms with van der Waals surface area (Å²) in [4.78, 5) is 3.27. The number of hydrogen-bond donors (Lipinski definition) is 1. The maximum atomic E-state index is 11.4. The predicted octanol–water partition coefficient (Wildman–Crippen LogP) is 4.11. The molecule has 0 heterocycles. The number of aliphatic hydroxyl groups is 1. The molecule has 0 saturated carbocycles. The molecule has 2 nitrogen and oxygen atoms in total. The van der Waals surface area contributed by atoms with Gasteiger partial charge < -0.3 is 9.95 Å². The van der Waals surface area contributed by atoms with Crippen LogP contribution in [0.4, 0.5) is 39.5 Å². The molecule has 0 bridgehead atoms. The van der Waals surface area contributed by atoms with Crippen LogP contribution in [0.5, 0.6) is 0 Å². The van der Waals surface area contributed by atoms with Crippen LogP contribution in [0, 0.1) is 6.57 Å². The van der Waals surface area contributed by atoms with Gasteiger partial charge in [0.1, 0.15) is 0 Å². The molecular weight excluding hydrogens is 373 g/mol. The van der Waals surface area contributed by atoms with Gasteiger partial charge in [0.2, 0.25) is 5.54 Å². The Kier molecular flexibility index (Phi) is 8.51. The molecule has 0 spiro atoms. The van der Waals surface area contributed by atoms with Gasteiger partial charge in [-0.1, -0.05) is 0 Å². The molecule has 0 atom stereocenters. The number of hydrogen-bond acceptors (Lipinski definition) is 1. The molecule has 0 aliphatic rings. The molecule has 0 aliphatic carbocycles. The van der Waals surface area contributed by atoms with Gasteiger partial charge in [-0.3, -0.25) is 0 Å². The molecule has 0 amide bonds. The number of nitrogens with zero attached hydrogens (tertiary/aromatic N) is 1. The molecule has 131 valence electrons. The molecule has 0 rings (SSSR count). The van der Waals surface area contributed by atoms with E-state index in [1.54, 1.807) is 0 Å². The SMILES string of the molecule is OC(C(F)(F)F)(C(F)(F)F)C(F)(F)F.[C-]#[N+]C(C)(C)C.[Cu]. The third-order valence-electron chi connectivity index (χ3n) is 1.57. The van der Waals surface area contributed by atoms with E-state index >= 15 is 0 Å². The Hall–Kier alpha value is -0.661. The van der Waals surface area contributed by atoms with Gasteiger partial charge in [0.15, 0.2) is 0 Å². The number of rotatable bonds is 0. The smallest absolute Gasteiger partial charge is 0.367 e. The molecule has 0 aromatic rings. The topological polar surface area (TPSA) is 24.6 Å². The van der Waals surface area contributed by atoms with E-state index in [0.717, 1.165) is 0 Å². The summed E-state index contributed by atoms with van der Waals surface area (Å²) in [6.45, 7) is 12.1. The molecule has 0 aromatic heterocycles. The Labute approximate surface area is 124 Å². The van der Waals surface area contributed by atoms with Gasteiger partial charge in [-0.05, 0) is 0 Å². The van der Waals surface area contributed by atoms with Crippen molar-refractivity contribution in [3.8, 4) is 0 Å². The average molecular weight is 383 g/mol. The standard InChI is InChI=1S/C5H9N.C4HF9O.Cu/c1-5(2,3)6-4;5-2(6,7)1(14,3(8,9)10)4(11,12)13;/h1-3H3;14H;. The van der Waals surface area contributed by atoms with E-state index in [0.29, 0.717) is 0 Å². The summed E-state index contributed by atoms with van der Waals surface area (Å²) in [7, 11) is 0. The number of alkyl halides is 9. The molecular formula is C9H10CuF9NO. The number of halogens is 9. The van der Waals surface area contributed by atoms with E-state index in [1.165, 1.54) is 0 Å². The van der Waals surface area contributed by atoms with Crippen molar-refractivity contribution in [3.63, 3.8) is 0 Å². The minimum absolute atomic E-state index is 0. The first-order valence-electron chi connectivity index (χ1n) is 4.62. The Morgan fingerprint density at radius 3 is 0.857 bits per heavy atom. The molecule has 0 unspecified atom stereocenters. The molecule has 21 heavy (non-hydrogen) atoms. The van der Waals surface area contributed by atoms with Crippen LogP contribution in [0.15, 0.2) is 0 Å². The molecule has 1 radical (unpaired) electrons. The zero-order chi connectivity index (χ0) is 17.2. The molecule has 0 aromatic carbocycles. The maximum Gasteiger partial charge on any atom is 0.435 e. The third-order valence-corrected chi connectivity index (χ3v) is 1.57. The van der Waals surface area contributed by atoms with E-state index in [9.17, 15) is 39.5 Å². The molecule has 0 saturated heterocycles. The monoisotopic (exact) mass is 382 g/mol. The fourth-order valence-corrected chi connectivity index (χ4v) is 0.482. The molecule has 12 heteroatoms. The van der Waals surface area contributed by atoms with Gasteiger partial charge in [0.05, 0.1) is 0 Å². The van der Waals surface area contributed by atoms with Crippen molar-refractivity contribution in [2.45, 2.75) is 50.4 Å². The van der Waals surface area contributed by atoms with Crippen molar-refractivity contribution >= 4 is 0 Å². The normalized spacial score (nSPS) is 13.5. The maximum absolute atomic E-state index is 11.4. The summed E-state index contributed by atoms with van der Waals surface area (Å²) in [6.07, 6.45) is -20.6. The van der Waals surface area contributed by atoms with Crippen LogP contribution in [0.3, 0.4) is 0 Å². The van der Waals surface area contributed by atoms with Crippen molar-refractivity contribution in [1.82, 2.24) is 0 Å². The fraction of sp³-hybridized carbons (Fsp3) is 0.889. The van der Waals surface area contributed by atoms with Crippen molar-refractivity contribution in [3.05, 3.63) is 11.4 Å². The van der Waals surface area contributed by atoms with Gasteiger partial charge in [-0.25, -0.2) is 6.57 Å². The minimum atomic E-state index is -6.87. The van der Waals surface area contributed by atoms with Crippen molar-refractivity contribution in [2.75, 3.05) is 0 Å². The third kappa shape index (κ3) is 6.75. The Bertz CT molecular complexity index is 322. The van der Waals surface area contributed by atoms with E-state index in [4.69, 9.17) is 11.7 Å². The first-order valence-corrected chi connectivity index (χ1v) is 4.62. The zero-order valence-electron chi connectivity index (χ0n) is 10.6. The van der Waals surface area contributed by atoms with Gasteiger partial charge in [0.25, 0.3) is 0 Å². The van der Waals surface area contributed by atoms with Crippen molar-refractivity contribution in [2.24, 2.45) is 0 Å². The quantitative estimate of drug-likeness (QED) is 0.381. The van der Waals surface area contributed by atoms with E-state index in [1.807, 2.05) is 20.8 Å². The Morgan fingerprint density at radius 1 is 0.714 bits per heavy atom. The summed E-state index contributed by atoms with van der Waals surface area (Å²) < 4.78 is 103. The van der Waals surface area contributed by atoms with Crippen LogP contribution >= 0.6 is 0 Å². The average Bonchev–Trinajstić information content (AvgIpc) is 2.11. The Morgan fingerprint density at radius 2 is 0.857 bits per heavy atom. The van der Waals surface area contributed by atoms with Crippen LogP contribution in [-0.2, 0) is 17.1 Å². The second kappa shape index (κ2) is 7.07. The van der Waals surface area contributed by atoms with Crippen LogP contribution in [-0.4, -0.2) is 34.8 Å². The molecule has 1 N–H and O–H groups in total. The van der Waals surface area contributed by atoms with Crippen molar-refractivity contribution in [1.29, 1.82) is 0 Å². The zero-order valence-corrected chi connectivity index (χ0v) is 11.5. The van der Waals surface area contributed by atoms with Crippen LogP contribution in [0.1, 0.15) is 20.8 Å². The second-order valence-electron chi connectivity index (χ2n) is 4.49. The summed E-state index contributed by atoms with van der Waals surface area (Å²) in [5, 5.41) is 7.65. The predicted molar refractivity (Wildman–Crippen MR) is 49.5 cm³/mol. The molecule has 0 aliphatic heterocycles. The van der Waals surface area contributed by atoms with Crippen LogP contribution in [0.25, 0.3) is 4.85 Å². The summed E-state index contributed by atoms with van der Waals surface area (Å²) in [5.41, 5.74) is -6.85. The van der Waals surface area contributed by atoms with Gasteiger partial charge in [-0.15, -0.1) is 0 Å². The first-order chi connectivity index (χ1) is 8.31.